The van der Waals surface area contributed by atoms with Crippen LogP contribution in [0.4, 0.5) is 11.4 Å². The summed E-state index contributed by atoms with van der Waals surface area (Å²) < 4.78 is 36.3. The highest BCUT2D eigenvalue weighted by Gasteiger charge is 2.29. The van der Waals surface area contributed by atoms with Crippen LogP contribution in [-0.2, 0) is 14.8 Å². The fourth-order valence-electron chi connectivity index (χ4n) is 2.60. The number of ether oxygens (including phenoxy) is 2. The van der Waals surface area contributed by atoms with Crippen molar-refractivity contribution in [3.05, 3.63) is 48.5 Å². The van der Waals surface area contributed by atoms with E-state index in [0.29, 0.717) is 29.5 Å². The van der Waals surface area contributed by atoms with E-state index in [0.717, 1.165) is 10.6 Å². The Hall–Kier alpha value is -2.74. The molecule has 1 amide bonds. The molecule has 1 unspecified atom stereocenters. The van der Waals surface area contributed by atoms with Crippen molar-refractivity contribution in [3.8, 4) is 11.5 Å². The summed E-state index contributed by atoms with van der Waals surface area (Å²) in [6.07, 6.45) is 1.06. The van der Waals surface area contributed by atoms with Gasteiger partial charge in [0.1, 0.15) is 17.5 Å². The number of benzene rings is 2. The number of sulfonamides is 1. The van der Waals surface area contributed by atoms with Crippen LogP contribution < -0.4 is 19.1 Å². The first-order chi connectivity index (χ1) is 12.8. The molecular formula is C19H24N2O5S. The van der Waals surface area contributed by atoms with E-state index in [1.54, 1.807) is 48.5 Å². The number of carbonyl (C=O) groups excluding carboxylic acids is 1. The molecule has 0 bridgehead atoms. The summed E-state index contributed by atoms with van der Waals surface area (Å²) in [6, 6.07) is 12.5. The standard InChI is InChI=1S/C19H24N2O5S/c1-5-26-17-11-9-15(10-12-17)20-19(22)14(2)21(27(4,23)24)16-7-6-8-18(13-16)25-3/h6-14H,5H2,1-4H3,(H,20,22). The molecule has 0 radical (unpaired) electrons. The third-order valence-electron chi connectivity index (χ3n) is 3.83. The Bertz CT molecular complexity index is 881. The average Bonchev–Trinajstić information content (AvgIpc) is 2.62. The van der Waals surface area contributed by atoms with Crippen molar-refractivity contribution in [1.82, 2.24) is 0 Å². The first kappa shape index (κ1) is 20.6. The monoisotopic (exact) mass is 392 g/mol. The molecule has 0 aliphatic rings. The molecule has 1 N–H and O–H groups in total. The highest BCUT2D eigenvalue weighted by atomic mass is 32.2. The Kier molecular flexibility index (Phi) is 6.68. The third-order valence-corrected chi connectivity index (χ3v) is 5.07. The molecule has 1 atom stereocenters. The van der Waals surface area contributed by atoms with E-state index >= 15 is 0 Å². The summed E-state index contributed by atoms with van der Waals surface area (Å²) in [5.74, 6) is 0.741. The average molecular weight is 392 g/mol. The zero-order chi connectivity index (χ0) is 20.0. The number of nitrogens with one attached hydrogen (secondary N) is 1. The van der Waals surface area contributed by atoms with Gasteiger partial charge in [-0.25, -0.2) is 8.42 Å². The molecule has 0 aromatic heterocycles. The molecule has 8 heteroatoms. The molecule has 0 spiro atoms. The van der Waals surface area contributed by atoms with Crippen LogP contribution in [0, 0.1) is 0 Å². The number of amides is 1. The number of methoxy groups -OCH3 is 1. The Balaban J connectivity index is 2.24. The van der Waals surface area contributed by atoms with Crippen molar-refractivity contribution in [3.63, 3.8) is 0 Å². The zero-order valence-electron chi connectivity index (χ0n) is 15.8. The van der Waals surface area contributed by atoms with Crippen LogP contribution in [0.2, 0.25) is 0 Å². The predicted octanol–water partition coefficient (Wildman–Crippen LogP) is 2.89. The molecule has 146 valence electrons. The maximum Gasteiger partial charge on any atom is 0.247 e. The summed E-state index contributed by atoms with van der Waals surface area (Å²) in [7, 11) is -2.20. The van der Waals surface area contributed by atoms with Gasteiger partial charge in [-0.05, 0) is 50.2 Å². The fraction of sp³-hybridized carbons (Fsp3) is 0.316. The molecule has 0 saturated heterocycles. The number of anilines is 2. The van der Waals surface area contributed by atoms with Gasteiger partial charge in [-0.1, -0.05) is 6.07 Å². The van der Waals surface area contributed by atoms with Gasteiger partial charge in [0.25, 0.3) is 0 Å². The molecule has 0 fully saturated rings. The maximum atomic E-state index is 12.7. The van der Waals surface area contributed by atoms with Crippen LogP contribution >= 0.6 is 0 Å². The molecule has 2 aromatic rings. The first-order valence-electron chi connectivity index (χ1n) is 8.43. The summed E-state index contributed by atoms with van der Waals surface area (Å²) in [5.41, 5.74) is 0.903. The van der Waals surface area contributed by atoms with Crippen LogP contribution in [0.5, 0.6) is 11.5 Å². The lowest BCUT2D eigenvalue weighted by atomic mass is 10.2. The van der Waals surface area contributed by atoms with E-state index < -0.39 is 22.0 Å². The van der Waals surface area contributed by atoms with Gasteiger partial charge in [0, 0.05) is 11.8 Å². The topological polar surface area (TPSA) is 84.9 Å². The van der Waals surface area contributed by atoms with Gasteiger partial charge in [0.05, 0.1) is 25.7 Å². The molecule has 0 aliphatic heterocycles. The lowest BCUT2D eigenvalue weighted by Gasteiger charge is -2.28. The quantitative estimate of drug-likeness (QED) is 0.747. The number of hydrogen-bond acceptors (Lipinski definition) is 5. The Morgan fingerprint density at radius 2 is 1.81 bits per heavy atom. The maximum absolute atomic E-state index is 12.7. The first-order valence-corrected chi connectivity index (χ1v) is 10.3. The van der Waals surface area contributed by atoms with Crippen LogP contribution in [-0.4, -0.2) is 40.3 Å². The highest BCUT2D eigenvalue weighted by molar-refractivity contribution is 7.92. The van der Waals surface area contributed by atoms with Crippen LogP contribution in [0.3, 0.4) is 0 Å². The van der Waals surface area contributed by atoms with Gasteiger partial charge in [0.15, 0.2) is 0 Å². The van der Waals surface area contributed by atoms with E-state index in [2.05, 4.69) is 5.32 Å². The van der Waals surface area contributed by atoms with E-state index in [9.17, 15) is 13.2 Å². The van der Waals surface area contributed by atoms with Crippen molar-refractivity contribution < 1.29 is 22.7 Å². The molecule has 2 aromatic carbocycles. The number of rotatable bonds is 8. The van der Waals surface area contributed by atoms with Gasteiger partial charge < -0.3 is 14.8 Å². The molecular weight excluding hydrogens is 368 g/mol. The number of nitrogens with zero attached hydrogens (tertiary/aromatic N) is 1. The lowest BCUT2D eigenvalue weighted by Crippen LogP contribution is -2.45. The van der Waals surface area contributed by atoms with Gasteiger partial charge in [-0.2, -0.15) is 0 Å². The van der Waals surface area contributed by atoms with Gasteiger partial charge >= 0.3 is 0 Å². The number of hydrogen-bond donors (Lipinski definition) is 1. The van der Waals surface area contributed by atoms with Crippen molar-refractivity contribution in [2.24, 2.45) is 0 Å². The molecule has 7 nitrogen and oxygen atoms in total. The molecule has 2 rings (SSSR count). The third kappa shape index (κ3) is 5.37. The van der Waals surface area contributed by atoms with Crippen molar-refractivity contribution in [2.45, 2.75) is 19.9 Å². The largest absolute Gasteiger partial charge is 0.497 e. The van der Waals surface area contributed by atoms with Crippen LogP contribution in [0.1, 0.15) is 13.8 Å². The van der Waals surface area contributed by atoms with Gasteiger partial charge in [0.2, 0.25) is 15.9 Å². The summed E-state index contributed by atoms with van der Waals surface area (Å²) >= 11 is 0. The minimum absolute atomic E-state index is 0.353. The normalized spacial score (nSPS) is 12.1. The second kappa shape index (κ2) is 8.77. The Labute approximate surface area is 160 Å². The molecule has 0 saturated carbocycles. The minimum Gasteiger partial charge on any atom is -0.497 e. The minimum atomic E-state index is -3.70. The molecule has 0 heterocycles. The Morgan fingerprint density at radius 1 is 1.15 bits per heavy atom. The second-order valence-corrected chi connectivity index (χ2v) is 7.74. The fourth-order valence-corrected chi connectivity index (χ4v) is 3.77. The molecule has 27 heavy (non-hydrogen) atoms. The van der Waals surface area contributed by atoms with Crippen LogP contribution in [0.25, 0.3) is 0 Å². The van der Waals surface area contributed by atoms with E-state index in [1.165, 1.54) is 14.0 Å². The predicted molar refractivity (Wildman–Crippen MR) is 106 cm³/mol. The van der Waals surface area contributed by atoms with Gasteiger partial charge in [-0.3, -0.25) is 9.10 Å². The smallest absolute Gasteiger partial charge is 0.247 e. The van der Waals surface area contributed by atoms with Crippen molar-refractivity contribution in [1.29, 1.82) is 0 Å². The Morgan fingerprint density at radius 3 is 2.37 bits per heavy atom. The van der Waals surface area contributed by atoms with Gasteiger partial charge in [-0.15, -0.1) is 0 Å². The second-order valence-electron chi connectivity index (χ2n) is 5.88. The van der Waals surface area contributed by atoms with E-state index in [1.807, 2.05) is 6.92 Å². The SMILES string of the molecule is CCOc1ccc(NC(=O)C(C)N(c2cccc(OC)c2)S(C)(=O)=O)cc1. The molecule has 0 aliphatic carbocycles. The van der Waals surface area contributed by atoms with E-state index in [-0.39, 0.29) is 0 Å². The van der Waals surface area contributed by atoms with Crippen molar-refractivity contribution >= 4 is 27.3 Å². The number of carbonyl (C=O) groups is 1. The van der Waals surface area contributed by atoms with Crippen LogP contribution in [0.15, 0.2) is 48.5 Å². The lowest BCUT2D eigenvalue weighted by molar-refractivity contribution is -0.116. The van der Waals surface area contributed by atoms with Crippen molar-refractivity contribution in [2.75, 3.05) is 29.6 Å². The zero-order valence-corrected chi connectivity index (χ0v) is 16.6. The van der Waals surface area contributed by atoms with E-state index in [4.69, 9.17) is 9.47 Å². The summed E-state index contributed by atoms with van der Waals surface area (Å²) in [6.45, 7) is 3.97. The highest BCUT2D eigenvalue weighted by Crippen LogP contribution is 2.26. The summed E-state index contributed by atoms with van der Waals surface area (Å²) in [4.78, 5) is 12.7. The summed E-state index contributed by atoms with van der Waals surface area (Å²) in [5, 5.41) is 2.73.